The van der Waals surface area contributed by atoms with Crippen molar-refractivity contribution < 1.29 is 4.92 Å². The Labute approximate surface area is 120 Å². The van der Waals surface area contributed by atoms with Gasteiger partial charge < -0.3 is 5.73 Å². The molecular weight excluding hydrogens is 268 g/mol. The fourth-order valence-electron chi connectivity index (χ4n) is 2.35. The number of fused-ring (bicyclic) bond motifs is 1. The van der Waals surface area contributed by atoms with E-state index in [-0.39, 0.29) is 23.0 Å². The van der Waals surface area contributed by atoms with Crippen molar-refractivity contribution in [3.05, 3.63) is 58.3 Å². The van der Waals surface area contributed by atoms with Crippen LogP contribution in [0.3, 0.4) is 0 Å². The van der Waals surface area contributed by atoms with Gasteiger partial charge in [0.2, 0.25) is 5.95 Å². The van der Waals surface area contributed by atoms with Crippen molar-refractivity contribution in [3.63, 3.8) is 0 Å². The number of rotatable bonds is 2. The van der Waals surface area contributed by atoms with E-state index in [4.69, 9.17) is 5.73 Å². The molecule has 0 amide bonds. The Hall–Kier alpha value is -3.02. The molecule has 104 valence electrons. The van der Waals surface area contributed by atoms with Crippen LogP contribution in [0.4, 0.5) is 11.6 Å². The maximum Gasteiger partial charge on any atom is 0.316 e. The molecule has 2 aromatic carbocycles. The molecule has 0 aliphatic carbocycles. The van der Waals surface area contributed by atoms with Gasteiger partial charge in [0.25, 0.3) is 0 Å². The van der Waals surface area contributed by atoms with Gasteiger partial charge in [-0.15, -0.1) is 0 Å². The van der Waals surface area contributed by atoms with E-state index in [1.165, 1.54) is 0 Å². The summed E-state index contributed by atoms with van der Waals surface area (Å²) in [5.74, 6) is 0.0289. The highest BCUT2D eigenvalue weighted by molar-refractivity contribution is 5.88. The molecule has 0 atom stereocenters. The molecule has 1 aromatic heterocycles. The average Bonchev–Trinajstić information content (AvgIpc) is 2.45. The van der Waals surface area contributed by atoms with Gasteiger partial charge in [0, 0.05) is 5.56 Å². The van der Waals surface area contributed by atoms with Crippen LogP contribution in [0.2, 0.25) is 0 Å². The molecule has 21 heavy (non-hydrogen) atoms. The number of hydrogen-bond donors (Lipinski definition) is 1. The van der Waals surface area contributed by atoms with Crippen LogP contribution in [0.5, 0.6) is 0 Å². The Bertz CT molecular complexity index is 861. The molecule has 6 nitrogen and oxygen atoms in total. The lowest BCUT2D eigenvalue weighted by molar-refractivity contribution is -0.385. The van der Waals surface area contributed by atoms with E-state index >= 15 is 0 Å². The predicted molar refractivity (Wildman–Crippen MR) is 80.8 cm³/mol. The summed E-state index contributed by atoms with van der Waals surface area (Å²) in [6.45, 7) is 1.56. The maximum atomic E-state index is 11.3. The van der Waals surface area contributed by atoms with E-state index in [0.29, 0.717) is 5.56 Å². The van der Waals surface area contributed by atoms with Gasteiger partial charge in [-0.1, -0.05) is 36.4 Å². The minimum atomic E-state index is -0.473. The Morgan fingerprint density at radius 2 is 1.81 bits per heavy atom. The van der Waals surface area contributed by atoms with Crippen LogP contribution < -0.4 is 5.73 Å². The molecule has 0 unspecified atom stereocenters. The molecule has 0 radical (unpaired) electrons. The monoisotopic (exact) mass is 280 g/mol. The smallest absolute Gasteiger partial charge is 0.316 e. The van der Waals surface area contributed by atoms with E-state index in [1.54, 1.807) is 13.0 Å². The summed E-state index contributed by atoms with van der Waals surface area (Å²) in [6, 6.07) is 13.4. The molecule has 3 aromatic rings. The van der Waals surface area contributed by atoms with E-state index < -0.39 is 4.92 Å². The molecule has 1 heterocycles. The summed E-state index contributed by atoms with van der Waals surface area (Å²) in [5.41, 5.74) is 6.68. The van der Waals surface area contributed by atoms with Crippen LogP contribution in [0.15, 0.2) is 42.5 Å². The highest BCUT2D eigenvalue weighted by Gasteiger charge is 2.22. The summed E-state index contributed by atoms with van der Waals surface area (Å²) < 4.78 is 0. The fourth-order valence-corrected chi connectivity index (χ4v) is 2.35. The molecule has 6 heteroatoms. The number of nitrogens with zero attached hydrogens (tertiary/aromatic N) is 3. The van der Waals surface area contributed by atoms with Gasteiger partial charge in [-0.2, -0.15) is 0 Å². The zero-order valence-electron chi connectivity index (χ0n) is 11.3. The number of benzene rings is 2. The first-order valence-corrected chi connectivity index (χ1v) is 6.34. The van der Waals surface area contributed by atoms with Crippen molar-refractivity contribution in [2.45, 2.75) is 6.92 Å². The van der Waals surface area contributed by atoms with Crippen LogP contribution >= 0.6 is 0 Å². The molecular formula is C15H12N4O2. The molecule has 2 N–H and O–H groups in total. The standard InChI is InChI=1S/C15H12N4O2/c1-9-14(19(20)21)13(18-15(16)17-9)12-7-6-10-4-2-3-5-11(10)8-12/h2-8H,1H3,(H2,16,17,18). The first-order valence-electron chi connectivity index (χ1n) is 6.34. The summed E-state index contributed by atoms with van der Waals surface area (Å²) in [4.78, 5) is 18.7. The van der Waals surface area contributed by atoms with Gasteiger partial charge in [0.15, 0.2) is 5.69 Å². The van der Waals surface area contributed by atoms with Crippen molar-refractivity contribution in [2.75, 3.05) is 5.73 Å². The summed E-state index contributed by atoms with van der Waals surface area (Å²) in [5, 5.41) is 13.3. The predicted octanol–water partition coefficient (Wildman–Crippen LogP) is 3.10. The van der Waals surface area contributed by atoms with E-state index in [9.17, 15) is 10.1 Å². The van der Waals surface area contributed by atoms with E-state index in [1.807, 2.05) is 36.4 Å². The summed E-state index contributed by atoms with van der Waals surface area (Å²) in [7, 11) is 0. The summed E-state index contributed by atoms with van der Waals surface area (Å²) >= 11 is 0. The molecule has 0 bridgehead atoms. The third-order valence-corrected chi connectivity index (χ3v) is 3.28. The quantitative estimate of drug-likeness (QED) is 0.575. The van der Waals surface area contributed by atoms with Crippen LogP contribution in [0.1, 0.15) is 5.69 Å². The third-order valence-electron chi connectivity index (χ3n) is 3.28. The lowest BCUT2D eigenvalue weighted by Gasteiger charge is -2.07. The van der Waals surface area contributed by atoms with Crippen LogP contribution in [-0.2, 0) is 0 Å². The molecule has 0 saturated heterocycles. The number of aromatic nitrogens is 2. The van der Waals surface area contributed by atoms with Gasteiger partial charge in [0.05, 0.1) is 4.92 Å². The zero-order chi connectivity index (χ0) is 15.0. The van der Waals surface area contributed by atoms with Crippen molar-refractivity contribution in [3.8, 4) is 11.3 Å². The first-order chi connectivity index (χ1) is 10.1. The SMILES string of the molecule is Cc1nc(N)nc(-c2ccc3ccccc3c2)c1[N+](=O)[O-]. The fraction of sp³-hybridized carbons (Fsp3) is 0.0667. The van der Waals surface area contributed by atoms with Gasteiger partial charge in [-0.3, -0.25) is 10.1 Å². The number of nitro groups is 1. The van der Waals surface area contributed by atoms with Crippen LogP contribution in [0.25, 0.3) is 22.0 Å². The van der Waals surface area contributed by atoms with Gasteiger partial charge in [0.1, 0.15) is 5.69 Å². The molecule has 0 aliphatic heterocycles. The highest BCUT2D eigenvalue weighted by Crippen LogP contribution is 2.32. The maximum absolute atomic E-state index is 11.3. The van der Waals surface area contributed by atoms with Crippen LogP contribution in [-0.4, -0.2) is 14.9 Å². The normalized spacial score (nSPS) is 10.7. The van der Waals surface area contributed by atoms with Crippen molar-refractivity contribution in [1.82, 2.24) is 9.97 Å². The molecule has 0 spiro atoms. The Kier molecular flexibility index (Phi) is 2.98. The molecule has 0 aliphatic rings. The topological polar surface area (TPSA) is 94.9 Å². The van der Waals surface area contributed by atoms with Gasteiger partial charge in [-0.25, -0.2) is 9.97 Å². The average molecular weight is 280 g/mol. The second-order valence-corrected chi connectivity index (χ2v) is 4.68. The number of anilines is 1. The number of nitrogens with two attached hydrogens (primary N) is 1. The van der Waals surface area contributed by atoms with Crippen molar-refractivity contribution in [1.29, 1.82) is 0 Å². The Balaban J connectivity index is 2.29. The molecule has 3 rings (SSSR count). The second-order valence-electron chi connectivity index (χ2n) is 4.68. The minimum absolute atomic E-state index is 0.0289. The zero-order valence-corrected chi connectivity index (χ0v) is 11.3. The lowest BCUT2D eigenvalue weighted by Crippen LogP contribution is -2.04. The minimum Gasteiger partial charge on any atom is -0.368 e. The Morgan fingerprint density at radius 1 is 1.10 bits per heavy atom. The van der Waals surface area contributed by atoms with Crippen molar-refractivity contribution >= 4 is 22.4 Å². The van der Waals surface area contributed by atoms with Gasteiger partial charge in [-0.05, 0) is 23.8 Å². The van der Waals surface area contributed by atoms with Gasteiger partial charge >= 0.3 is 5.69 Å². The third kappa shape index (κ3) is 2.27. The number of hydrogen-bond acceptors (Lipinski definition) is 5. The van der Waals surface area contributed by atoms with E-state index in [2.05, 4.69) is 9.97 Å². The second kappa shape index (κ2) is 4.82. The Morgan fingerprint density at radius 3 is 2.52 bits per heavy atom. The number of aryl methyl sites for hydroxylation is 1. The van der Waals surface area contributed by atoms with Crippen molar-refractivity contribution in [2.24, 2.45) is 0 Å². The molecule has 0 fully saturated rings. The number of nitrogen functional groups attached to an aromatic ring is 1. The molecule has 0 saturated carbocycles. The van der Waals surface area contributed by atoms with Crippen LogP contribution in [0, 0.1) is 17.0 Å². The van der Waals surface area contributed by atoms with E-state index in [0.717, 1.165) is 10.8 Å². The largest absolute Gasteiger partial charge is 0.368 e. The summed E-state index contributed by atoms with van der Waals surface area (Å²) in [6.07, 6.45) is 0. The lowest BCUT2D eigenvalue weighted by atomic mass is 10.0. The highest BCUT2D eigenvalue weighted by atomic mass is 16.6. The first kappa shape index (κ1) is 13.0.